The summed E-state index contributed by atoms with van der Waals surface area (Å²) in [5.74, 6) is 0.944. The molecule has 0 N–H and O–H groups in total. The number of nitrogens with zero attached hydrogens (tertiary/aromatic N) is 4. The number of hydrogen-bond acceptors (Lipinski definition) is 5. The zero-order valence-electron chi connectivity index (χ0n) is 15.8. The molecule has 0 spiro atoms. The molecule has 27 heavy (non-hydrogen) atoms. The van der Waals surface area contributed by atoms with E-state index in [1.807, 2.05) is 13.1 Å². The van der Waals surface area contributed by atoms with Crippen molar-refractivity contribution in [1.29, 1.82) is 0 Å². The van der Waals surface area contributed by atoms with E-state index in [2.05, 4.69) is 4.98 Å². The first kappa shape index (κ1) is 18.5. The molecular formula is C19H22N4O4. The van der Waals surface area contributed by atoms with Crippen LogP contribution < -0.4 is 9.64 Å². The Labute approximate surface area is 156 Å². The molecule has 0 bridgehead atoms. The largest absolute Gasteiger partial charge is 0.480 e. The number of likely N-dealkylation sites (N-methyl/N-ethyl adjacent to an activating group) is 1. The number of imidazole rings is 1. The van der Waals surface area contributed by atoms with Crippen LogP contribution >= 0.6 is 0 Å². The molecule has 0 aliphatic carbocycles. The van der Waals surface area contributed by atoms with Crippen molar-refractivity contribution in [2.45, 2.75) is 13.3 Å². The third kappa shape index (κ3) is 3.51. The number of pyridine rings is 1. The summed E-state index contributed by atoms with van der Waals surface area (Å²) < 4.78 is 12.7. The second-order valence-electron chi connectivity index (χ2n) is 6.22. The summed E-state index contributed by atoms with van der Waals surface area (Å²) in [4.78, 5) is 32.1. The Balaban J connectivity index is 2.00. The maximum Gasteiger partial charge on any atom is 0.294 e. The first-order valence-electron chi connectivity index (χ1n) is 8.58. The lowest BCUT2D eigenvalue weighted by Crippen LogP contribution is -2.28. The topological polar surface area (TPSA) is 80.3 Å². The minimum atomic E-state index is -0.273. The number of carbonyl (C=O) groups is 2. The van der Waals surface area contributed by atoms with Crippen LogP contribution in [0.1, 0.15) is 23.2 Å². The molecule has 3 heterocycles. The molecule has 0 radical (unpaired) electrons. The van der Waals surface area contributed by atoms with Gasteiger partial charge in [0, 0.05) is 27.3 Å². The summed E-state index contributed by atoms with van der Waals surface area (Å²) in [6.07, 6.45) is 3.90. The highest BCUT2D eigenvalue weighted by Crippen LogP contribution is 2.28. The highest BCUT2D eigenvalue weighted by Gasteiger charge is 2.24. The molecule has 0 aliphatic rings. The fourth-order valence-corrected chi connectivity index (χ4v) is 2.71. The standard InChI is InChI=1S/C19H22N4O4/c1-5-13-18(22(4)19(25)15-9-7-11-26-15)23-10-6-8-14(17(23)20-13)27-12-16(24)21(2)3/h6-11H,5,12H2,1-4H3. The fraction of sp³-hybridized carbons (Fsp3) is 0.316. The van der Waals surface area contributed by atoms with E-state index in [4.69, 9.17) is 9.15 Å². The Hall–Kier alpha value is -3.29. The van der Waals surface area contributed by atoms with Crippen molar-refractivity contribution in [3.8, 4) is 5.75 Å². The van der Waals surface area contributed by atoms with Crippen LogP contribution in [0, 0.1) is 0 Å². The van der Waals surface area contributed by atoms with Gasteiger partial charge in [0.15, 0.2) is 23.8 Å². The van der Waals surface area contributed by atoms with E-state index in [1.165, 1.54) is 16.1 Å². The van der Waals surface area contributed by atoms with Crippen molar-refractivity contribution < 1.29 is 18.7 Å². The van der Waals surface area contributed by atoms with Gasteiger partial charge in [0.1, 0.15) is 5.82 Å². The lowest BCUT2D eigenvalue weighted by molar-refractivity contribution is -0.130. The van der Waals surface area contributed by atoms with Crippen LogP contribution in [0.2, 0.25) is 0 Å². The number of furan rings is 1. The molecular weight excluding hydrogens is 348 g/mol. The van der Waals surface area contributed by atoms with Crippen LogP contribution in [-0.2, 0) is 11.2 Å². The van der Waals surface area contributed by atoms with Crippen LogP contribution in [0.5, 0.6) is 5.75 Å². The molecule has 3 aromatic heterocycles. The highest BCUT2D eigenvalue weighted by atomic mass is 16.5. The second kappa shape index (κ2) is 7.53. The maximum atomic E-state index is 12.7. The summed E-state index contributed by atoms with van der Waals surface area (Å²) in [6, 6.07) is 6.83. The van der Waals surface area contributed by atoms with Gasteiger partial charge in [0.25, 0.3) is 11.8 Å². The average Bonchev–Trinajstić information content (AvgIpc) is 3.32. The fourth-order valence-electron chi connectivity index (χ4n) is 2.71. The molecule has 8 heteroatoms. The Morgan fingerprint density at radius 3 is 2.63 bits per heavy atom. The van der Waals surface area contributed by atoms with E-state index in [9.17, 15) is 9.59 Å². The number of fused-ring (bicyclic) bond motifs is 1. The number of aromatic nitrogens is 2. The van der Waals surface area contributed by atoms with E-state index in [0.717, 1.165) is 5.69 Å². The van der Waals surface area contributed by atoms with E-state index in [0.29, 0.717) is 23.6 Å². The molecule has 8 nitrogen and oxygen atoms in total. The predicted molar refractivity (Wildman–Crippen MR) is 100 cm³/mol. The number of amides is 2. The van der Waals surface area contributed by atoms with E-state index < -0.39 is 0 Å². The van der Waals surface area contributed by atoms with Gasteiger partial charge in [-0.3, -0.25) is 18.9 Å². The van der Waals surface area contributed by atoms with E-state index in [1.54, 1.807) is 49.8 Å². The van der Waals surface area contributed by atoms with Crippen molar-refractivity contribution >= 4 is 23.3 Å². The number of rotatable bonds is 6. The van der Waals surface area contributed by atoms with Gasteiger partial charge in [-0.1, -0.05) is 6.92 Å². The molecule has 3 rings (SSSR count). The zero-order chi connectivity index (χ0) is 19.6. The monoisotopic (exact) mass is 370 g/mol. The summed E-state index contributed by atoms with van der Waals surface area (Å²) in [5.41, 5.74) is 1.29. The minimum Gasteiger partial charge on any atom is -0.480 e. The summed E-state index contributed by atoms with van der Waals surface area (Å²) in [5, 5.41) is 0. The average molecular weight is 370 g/mol. The summed E-state index contributed by atoms with van der Waals surface area (Å²) in [6.45, 7) is 1.88. The number of hydrogen-bond donors (Lipinski definition) is 0. The first-order chi connectivity index (χ1) is 12.9. The third-order valence-electron chi connectivity index (χ3n) is 4.20. The third-order valence-corrected chi connectivity index (χ3v) is 4.20. The van der Waals surface area contributed by atoms with Crippen LogP contribution in [0.15, 0.2) is 41.1 Å². The molecule has 3 aromatic rings. The van der Waals surface area contributed by atoms with E-state index >= 15 is 0 Å². The van der Waals surface area contributed by atoms with Crippen molar-refractivity contribution in [3.05, 3.63) is 48.2 Å². The SMILES string of the molecule is CCc1nc2c(OCC(=O)N(C)C)cccn2c1N(C)C(=O)c1ccco1. The van der Waals surface area contributed by atoms with Crippen molar-refractivity contribution in [2.24, 2.45) is 0 Å². The maximum absolute atomic E-state index is 12.7. The minimum absolute atomic E-state index is 0.0858. The Morgan fingerprint density at radius 2 is 2.00 bits per heavy atom. The van der Waals surface area contributed by atoms with Crippen molar-refractivity contribution in [2.75, 3.05) is 32.6 Å². The van der Waals surface area contributed by atoms with Crippen LogP contribution in [0.25, 0.3) is 5.65 Å². The molecule has 0 aliphatic heterocycles. The van der Waals surface area contributed by atoms with Gasteiger partial charge in [0.2, 0.25) is 0 Å². The molecule has 0 atom stereocenters. The van der Waals surface area contributed by atoms with Gasteiger partial charge in [0.05, 0.1) is 12.0 Å². The number of aryl methyl sites for hydroxylation is 1. The van der Waals surface area contributed by atoms with Crippen LogP contribution in [-0.4, -0.2) is 53.8 Å². The predicted octanol–water partition coefficient (Wildman–Crippen LogP) is 2.23. The van der Waals surface area contributed by atoms with Crippen molar-refractivity contribution in [3.63, 3.8) is 0 Å². The second-order valence-corrected chi connectivity index (χ2v) is 6.22. The lowest BCUT2D eigenvalue weighted by Gasteiger charge is -2.17. The molecule has 0 aromatic carbocycles. The number of ether oxygens (including phenoxy) is 1. The Kier molecular flexibility index (Phi) is 5.16. The number of carbonyl (C=O) groups excluding carboxylic acids is 2. The first-order valence-corrected chi connectivity index (χ1v) is 8.58. The van der Waals surface area contributed by atoms with E-state index in [-0.39, 0.29) is 24.2 Å². The molecule has 0 saturated carbocycles. The molecule has 0 unspecified atom stereocenters. The smallest absolute Gasteiger partial charge is 0.294 e. The molecule has 142 valence electrons. The van der Waals surface area contributed by atoms with Crippen molar-refractivity contribution in [1.82, 2.24) is 14.3 Å². The highest BCUT2D eigenvalue weighted by molar-refractivity contribution is 6.03. The molecule has 0 saturated heterocycles. The van der Waals surface area contributed by atoms with Gasteiger partial charge in [-0.15, -0.1) is 0 Å². The van der Waals surface area contributed by atoms with Gasteiger partial charge in [-0.05, 0) is 30.7 Å². The lowest BCUT2D eigenvalue weighted by atomic mass is 10.3. The number of anilines is 1. The zero-order valence-corrected chi connectivity index (χ0v) is 15.8. The Bertz CT molecular complexity index is 960. The Morgan fingerprint density at radius 1 is 1.22 bits per heavy atom. The van der Waals surface area contributed by atoms with Gasteiger partial charge >= 0.3 is 0 Å². The van der Waals surface area contributed by atoms with Crippen LogP contribution in [0.3, 0.4) is 0 Å². The normalized spacial score (nSPS) is 10.8. The molecule has 0 fully saturated rings. The summed E-state index contributed by atoms with van der Waals surface area (Å²) in [7, 11) is 5.02. The van der Waals surface area contributed by atoms with Crippen LogP contribution in [0.4, 0.5) is 5.82 Å². The van der Waals surface area contributed by atoms with Gasteiger partial charge < -0.3 is 14.1 Å². The summed E-state index contributed by atoms with van der Waals surface area (Å²) >= 11 is 0. The van der Waals surface area contributed by atoms with Gasteiger partial charge in [-0.25, -0.2) is 4.98 Å². The quantitative estimate of drug-likeness (QED) is 0.665. The molecule has 2 amide bonds. The van der Waals surface area contributed by atoms with Gasteiger partial charge in [-0.2, -0.15) is 0 Å².